The van der Waals surface area contributed by atoms with Crippen LogP contribution in [-0.4, -0.2) is 56.1 Å². The predicted octanol–water partition coefficient (Wildman–Crippen LogP) is 1.19. The zero-order chi connectivity index (χ0) is 13.5. The SMILES string of the molecule is CCC(C)N(C)CCn1cnnc1SCC(=O)O. The molecule has 6 nitrogen and oxygen atoms in total. The summed E-state index contributed by atoms with van der Waals surface area (Å²) in [6.45, 7) is 6.02. The van der Waals surface area contributed by atoms with Crippen LogP contribution in [0.15, 0.2) is 11.5 Å². The molecule has 0 aliphatic rings. The Morgan fingerprint density at radius 2 is 2.39 bits per heavy atom. The average molecular weight is 272 g/mol. The highest BCUT2D eigenvalue weighted by Gasteiger charge is 2.10. The van der Waals surface area contributed by atoms with Crippen LogP contribution in [0.3, 0.4) is 0 Å². The van der Waals surface area contributed by atoms with Crippen molar-refractivity contribution >= 4 is 17.7 Å². The highest BCUT2D eigenvalue weighted by atomic mass is 32.2. The highest BCUT2D eigenvalue weighted by Crippen LogP contribution is 2.14. The van der Waals surface area contributed by atoms with Gasteiger partial charge in [-0.3, -0.25) is 4.79 Å². The fourth-order valence-electron chi connectivity index (χ4n) is 1.43. The topological polar surface area (TPSA) is 71.2 Å². The Bertz CT molecular complexity index is 383. The second-order valence-electron chi connectivity index (χ2n) is 4.23. The van der Waals surface area contributed by atoms with Crippen LogP contribution in [-0.2, 0) is 11.3 Å². The van der Waals surface area contributed by atoms with Crippen molar-refractivity contribution in [2.45, 2.75) is 38.0 Å². The third kappa shape index (κ3) is 4.66. The molecule has 0 aliphatic heterocycles. The number of aromatic nitrogens is 3. The maximum absolute atomic E-state index is 10.5. The van der Waals surface area contributed by atoms with Crippen molar-refractivity contribution in [3.63, 3.8) is 0 Å². The average Bonchev–Trinajstić information content (AvgIpc) is 2.79. The zero-order valence-electron chi connectivity index (χ0n) is 11.0. The van der Waals surface area contributed by atoms with E-state index in [1.54, 1.807) is 6.33 Å². The lowest BCUT2D eigenvalue weighted by molar-refractivity contribution is -0.133. The van der Waals surface area contributed by atoms with E-state index >= 15 is 0 Å². The molecule has 0 fully saturated rings. The van der Waals surface area contributed by atoms with E-state index in [1.165, 1.54) is 11.8 Å². The van der Waals surface area contributed by atoms with Gasteiger partial charge in [0, 0.05) is 19.1 Å². The van der Waals surface area contributed by atoms with Gasteiger partial charge in [0.15, 0.2) is 5.16 Å². The van der Waals surface area contributed by atoms with E-state index in [4.69, 9.17) is 5.11 Å². The van der Waals surface area contributed by atoms with Crippen LogP contribution >= 0.6 is 11.8 Å². The van der Waals surface area contributed by atoms with Crippen LogP contribution in [0.2, 0.25) is 0 Å². The molecule has 0 aliphatic carbocycles. The molecule has 18 heavy (non-hydrogen) atoms. The maximum atomic E-state index is 10.5. The number of likely N-dealkylation sites (N-methyl/N-ethyl adjacent to an activating group) is 1. The summed E-state index contributed by atoms with van der Waals surface area (Å²) in [7, 11) is 2.09. The molecule has 1 rings (SSSR count). The van der Waals surface area contributed by atoms with Crippen LogP contribution in [0.25, 0.3) is 0 Å². The lowest BCUT2D eigenvalue weighted by atomic mass is 10.2. The van der Waals surface area contributed by atoms with E-state index < -0.39 is 5.97 Å². The lowest BCUT2D eigenvalue weighted by Gasteiger charge is -2.23. The van der Waals surface area contributed by atoms with Crippen molar-refractivity contribution in [2.24, 2.45) is 0 Å². The van der Waals surface area contributed by atoms with Gasteiger partial charge in [-0.1, -0.05) is 18.7 Å². The molecule has 1 aromatic rings. The molecule has 1 unspecified atom stereocenters. The van der Waals surface area contributed by atoms with Gasteiger partial charge in [0.1, 0.15) is 6.33 Å². The summed E-state index contributed by atoms with van der Waals surface area (Å²) in [6, 6.07) is 0.539. The molecule has 0 saturated carbocycles. The number of thioether (sulfide) groups is 1. The molecule has 0 spiro atoms. The quantitative estimate of drug-likeness (QED) is 0.717. The fourth-order valence-corrected chi connectivity index (χ4v) is 2.10. The first-order chi connectivity index (χ1) is 8.54. The number of carbonyl (C=O) groups is 1. The molecule has 1 atom stereocenters. The Hall–Kier alpha value is -1.08. The Morgan fingerprint density at radius 3 is 3.00 bits per heavy atom. The lowest BCUT2D eigenvalue weighted by Crippen LogP contribution is -2.31. The number of hydrogen-bond acceptors (Lipinski definition) is 5. The largest absolute Gasteiger partial charge is 0.481 e. The minimum Gasteiger partial charge on any atom is -0.481 e. The molecule has 1 N–H and O–H groups in total. The second-order valence-corrected chi connectivity index (χ2v) is 5.17. The number of rotatable bonds is 8. The molecular formula is C11H20N4O2S. The van der Waals surface area contributed by atoms with Gasteiger partial charge >= 0.3 is 5.97 Å². The standard InChI is InChI=1S/C11H20N4O2S/c1-4-9(2)14(3)5-6-15-8-12-13-11(15)18-7-10(16)17/h8-9H,4-7H2,1-3H3,(H,16,17). The number of aliphatic carboxylic acids is 1. The second kappa shape index (κ2) is 7.38. The zero-order valence-corrected chi connectivity index (χ0v) is 11.9. The summed E-state index contributed by atoms with van der Waals surface area (Å²) >= 11 is 1.20. The maximum Gasteiger partial charge on any atom is 0.313 e. The van der Waals surface area contributed by atoms with E-state index in [9.17, 15) is 4.79 Å². The highest BCUT2D eigenvalue weighted by molar-refractivity contribution is 7.99. The van der Waals surface area contributed by atoms with E-state index in [1.807, 2.05) is 4.57 Å². The van der Waals surface area contributed by atoms with Gasteiger partial charge in [0.05, 0.1) is 5.75 Å². The van der Waals surface area contributed by atoms with E-state index in [-0.39, 0.29) is 5.75 Å². The smallest absolute Gasteiger partial charge is 0.313 e. The molecule has 1 heterocycles. The number of nitrogens with zero attached hydrogens (tertiary/aromatic N) is 4. The monoisotopic (exact) mass is 272 g/mol. The minimum absolute atomic E-state index is 0.0138. The number of hydrogen-bond donors (Lipinski definition) is 1. The van der Waals surface area contributed by atoms with E-state index in [2.05, 4.69) is 36.0 Å². The third-order valence-corrected chi connectivity index (χ3v) is 3.91. The summed E-state index contributed by atoms with van der Waals surface area (Å²) in [6.07, 6.45) is 2.76. The molecule has 0 bridgehead atoms. The van der Waals surface area contributed by atoms with Crippen molar-refractivity contribution in [2.75, 3.05) is 19.3 Å². The molecule has 0 radical (unpaired) electrons. The Morgan fingerprint density at radius 1 is 1.67 bits per heavy atom. The van der Waals surface area contributed by atoms with Crippen molar-refractivity contribution in [1.82, 2.24) is 19.7 Å². The molecular weight excluding hydrogens is 252 g/mol. The van der Waals surface area contributed by atoms with Crippen LogP contribution in [0.4, 0.5) is 0 Å². The minimum atomic E-state index is -0.841. The number of carboxylic acid groups (broad SMARTS) is 1. The van der Waals surface area contributed by atoms with Crippen LogP contribution in [0, 0.1) is 0 Å². The van der Waals surface area contributed by atoms with Crippen molar-refractivity contribution in [3.8, 4) is 0 Å². The normalized spacial score (nSPS) is 12.9. The van der Waals surface area contributed by atoms with Crippen molar-refractivity contribution in [1.29, 1.82) is 0 Å². The summed E-state index contributed by atoms with van der Waals surface area (Å²) in [5.41, 5.74) is 0. The fraction of sp³-hybridized carbons (Fsp3) is 0.727. The first-order valence-electron chi connectivity index (χ1n) is 5.97. The van der Waals surface area contributed by atoms with E-state index in [0.29, 0.717) is 11.2 Å². The van der Waals surface area contributed by atoms with Gasteiger partial charge in [0.2, 0.25) is 0 Å². The summed E-state index contributed by atoms with van der Waals surface area (Å²) in [5.74, 6) is -0.828. The van der Waals surface area contributed by atoms with E-state index in [0.717, 1.165) is 19.5 Å². The van der Waals surface area contributed by atoms with Gasteiger partial charge in [-0.2, -0.15) is 0 Å². The molecule has 0 aromatic carbocycles. The first-order valence-corrected chi connectivity index (χ1v) is 6.95. The van der Waals surface area contributed by atoms with Gasteiger partial charge in [-0.05, 0) is 20.4 Å². The van der Waals surface area contributed by atoms with Crippen LogP contribution in [0.5, 0.6) is 0 Å². The molecule has 0 amide bonds. The van der Waals surface area contributed by atoms with Gasteiger partial charge in [-0.15, -0.1) is 10.2 Å². The van der Waals surface area contributed by atoms with Crippen molar-refractivity contribution in [3.05, 3.63) is 6.33 Å². The van der Waals surface area contributed by atoms with Crippen LogP contribution in [0.1, 0.15) is 20.3 Å². The Labute approximate surface area is 111 Å². The van der Waals surface area contributed by atoms with Crippen molar-refractivity contribution < 1.29 is 9.90 Å². The Balaban J connectivity index is 2.47. The molecule has 0 saturated heterocycles. The van der Waals surface area contributed by atoms with Gasteiger partial charge in [0.25, 0.3) is 0 Å². The molecule has 7 heteroatoms. The summed E-state index contributed by atoms with van der Waals surface area (Å²) < 4.78 is 1.90. The Kier molecular flexibility index (Phi) is 6.14. The molecule has 1 aromatic heterocycles. The van der Waals surface area contributed by atoms with Gasteiger partial charge in [-0.25, -0.2) is 0 Å². The molecule has 102 valence electrons. The first kappa shape index (κ1) is 15.0. The predicted molar refractivity (Wildman–Crippen MR) is 70.8 cm³/mol. The van der Waals surface area contributed by atoms with Gasteiger partial charge < -0.3 is 14.6 Å². The third-order valence-electron chi connectivity index (χ3n) is 2.94. The number of carboxylic acids is 1. The summed E-state index contributed by atoms with van der Waals surface area (Å²) in [4.78, 5) is 12.8. The van der Waals surface area contributed by atoms with Crippen LogP contribution < -0.4 is 0 Å². The summed E-state index contributed by atoms with van der Waals surface area (Å²) in [5, 5.41) is 17.1.